The molecule has 4 rings (SSSR count). The fourth-order valence-electron chi connectivity index (χ4n) is 5.98. The van der Waals surface area contributed by atoms with Crippen LogP contribution in [0.15, 0.2) is 23.0 Å². The summed E-state index contributed by atoms with van der Waals surface area (Å²) >= 11 is 0. The van der Waals surface area contributed by atoms with Gasteiger partial charge in [-0.2, -0.15) is 0 Å². The molecule has 3 fully saturated rings. The van der Waals surface area contributed by atoms with Gasteiger partial charge < -0.3 is 14.3 Å². The van der Waals surface area contributed by atoms with Crippen molar-refractivity contribution in [2.75, 3.05) is 0 Å². The molecule has 2 heterocycles. The minimum Gasteiger partial charge on any atom is -0.472 e. The van der Waals surface area contributed by atoms with E-state index in [0.717, 1.165) is 19.3 Å². The van der Waals surface area contributed by atoms with Gasteiger partial charge in [-0.1, -0.05) is 20.8 Å². The minimum atomic E-state index is -0.295. The minimum absolute atomic E-state index is 0.0651. The second-order valence-electron chi connectivity index (χ2n) is 9.00. The van der Waals surface area contributed by atoms with Gasteiger partial charge in [0.1, 0.15) is 11.7 Å². The van der Waals surface area contributed by atoms with Crippen molar-refractivity contribution in [3.63, 3.8) is 0 Å². The number of rotatable bonds is 3. The highest BCUT2D eigenvalue weighted by Gasteiger charge is 2.74. The van der Waals surface area contributed by atoms with Crippen molar-refractivity contribution in [3.05, 3.63) is 24.2 Å². The summed E-state index contributed by atoms with van der Waals surface area (Å²) in [5.41, 5.74) is 1.60. The summed E-state index contributed by atoms with van der Waals surface area (Å²) in [7, 11) is 0. The van der Waals surface area contributed by atoms with Crippen molar-refractivity contribution in [1.29, 1.82) is 0 Å². The molecule has 3 nitrogen and oxygen atoms in total. The van der Waals surface area contributed by atoms with Gasteiger partial charge in [0.2, 0.25) is 0 Å². The van der Waals surface area contributed by atoms with Gasteiger partial charge in [0.05, 0.1) is 18.6 Å². The first-order valence-corrected chi connectivity index (χ1v) is 9.18. The standard InChI is InChI=1S/C20H30O3/c1-13-5-9-19(3)16(11-15(21)17-20(19,4)23-17)18(13,2)8-6-14-7-10-22-12-14/h7,10,12-13,15-17,21H,5-6,8-9,11H2,1-4H3/t13-,15-,16-,17-,18+,19-,20-/m1/s1. The Hall–Kier alpha value is -0.800. The third-order valence-corrected chi connectivity index (χ3v) is 8.14. The summed E-state index contributed by atoms with van der Waals surface area (Å²) in [5, 5.41) is 10.6. The van der Waals surface area contributed by atoms with Crippen LogP contribution in [-0.4, -0.2) is 22.9 Å². The lowest BCUT2D eigenvalue weighted by Crippen LogP contribution is -2.59. The quantitative estimate of drug-likeness (QED) is 0.850. The molecule has 2 aliphatic carbocycles. The fraction of sp³-hybridized carbons (Fsp3) is 0.800. The highest BCUT2D eigenvalue weighted by molar-refractivity contribution is 5.22. The van der Waals surface area contributed by atoms with E-state index in [1.165, 1.54) is 18.4 Å². The van der Waals surface area contributed by atoms with Crippen molar-refractivity contribution in [3.8, 4) is 0 Å². The maximum Gasteiger partial charge on any atom is 0.113 e. The maximum atomic E-state index is 10.6. The number of aryl methyl sites for hydroxylation is 1. The highest BCUT2D eigenvalue weighted by Crippen LogP contribution is 2.70. The van der Waals surface area contributed by atoms with Gasteiger partial charge in [0.25, 0.3) is 0 Å². The topological polar surface area (TPSA) is 45.9 Å². The Morgan fingerprint density at radius 1 is 1.30 bits per heavy atom. The van der Waals surface area contributed by atoms with Crippen LogP contribution in [-0.2, 0) is 11.2 Å². The van der Waals surface area contributed by atoms with E-state index in [9.17, 15) is 5.11 Å². The summed E-state index contributed by atoms with van der Waals surface area (Å²) in [5.74, 6) is 1.20. The van der Waals surface area contributed by atoms with Crippen molar-refractivity contribution in [2.45, 2.75) is 77.6 Å². The zero-order chi connectivity index (χ0) is 16.5. The summed E-state index contributed by atoms with van der Waals surface area (Å²) in [4.78, 5) is 0. The van der Waals surface area contributed by atoms with Crippen LogP contribution in [0.2, 0.25) is 0 Å². The molecule has 3 heteroatoms. The molecule has 23 heavy (non-hydrogen) atoms. The van der Waals surface area contributed by atoms with Crippen molar-refractivity contribution >= 4 is 0 Å². The molecule has 1 aliphatic heterocycles. The number of epoxide rings is 1. The molecule has 3 aliphatic rings. The maximum absolute atomic E-state index is 10.6. The molecule has 1 saturated heterocycles. The van der Waals surface area contributed by atoms with Crippen LogP contribution in [0.3, 0.4) is 0 Å². The molecule has 0 radical (unpaired) electrons. The number of aliphatic hydroxyl groups is 1. The van der Waals surface area contributed by atoms with Gasteiger partial charge in [-0.3, -0.25) is 0 Å². The van der Waals surface area contributed by atoms with E-state index in [0.29, 0.717) is 11.8 Å². The molecule has 1 aromatic heterocycles. The van der Waals surface area contributed by atoms with Crippen LogP contribution in [0.4, 0.5) is 0 Å². The lowest BCUT2D eigenvalue weighted by atomic mass is 9.44. The monoisotopic (exact) mass is 318 g/mol. The average Bonchev–Trinajstić information content (AvgIpc) is 2.99. The van der Waals surface area contributed by atoms with Crippen LogP contribution < -0.4 is 0 Å². The molecule has 0 spiro atoms. The smallest absolute Gasteiger partial charge is 0.113 e. The third-order valence-electron chi connectivity index (χ3n) is 8.14. The largest absolute Gasteiger partial charge is 0.472 e. The normalized spacial score (nSPS) is 51.9. The van der Waals surface area contributed by atoms with Crippen LogP contribution in [0, 0.1) is 22.7 Å². The van der Waals surface area contributed by atoms with Crippen molar-refractivity contribution in [2.24, 2.45) is 22.7 Å². The summed E-state index contributed by atoms with van der Waals surface area (Å²) < 4.78 is 11.3. The Balaban J connectivity index is 1.64. The van der Waals surface area contributed by atoms with Gasteiger partial charge in [-0.25, -0.2) is 0 Å². The lowest BCUT2D eigenvalue weighted by molar-refractivity contribution is -0.119. The number of furan rings is 1. The van der Waals surface area contributed by atoms with Gasteiger partial charge >= 0.3 is 0 Å². The Labute approximate surface area is 139 Å². The lowest BCUT2D eigenvalue weighted by Gasteiger charge is -2.59. The van der Waals surface area contributed by atoms with Gasteiger partial charge in [-0.05, 0) is 67.9 Å². The van der Waals surface area contributed by atoms with Crippen molar-refractivity contribution < 1.29 is 14.3 Å². The van der Waals surface area contributed by atoms with E-state index in [4.69, 9.17) is 9.15 Å². The molecule has 0 bridgehead atoms. The first kappa shape index (κ1) is 15.7. The van der Waals surface area contributed by atoms with Crippen molar-refractivity contribution in [1.82, 2.24) is 0 Å². The number of hydrogen-bond donors (Lipinski definition) is 1. The zero-order valence-corrected chi connectivity index (χ0v) is 14.8. The number of fused-ring (bicyclic) bond motifs is 3. The Morgan fingerprint density at radius 2 is 2.09 bits per heavy atom. The van der Waals surface area contributed by atoms with Crippen LogP contribution in [0.25, 0.3) is 0 Å². The predicted molar refractivity (Wildman–Crippen MR) is 89.0 cm³/mol. The Morgan fingerprint density at radius 3 is 2.78 bits per heavy atom. The van der Waals surface area contributed by atoms with Gasteiger partial charge in [-0.15, -0.1) is 0 Å². The molecule has 1 N–H and O–H groups in total. The van der Waals surface area contributed by atoms with E-state index < -0.39 is 0 Å². The van der Waals surface area contributed by atoms with Crippen LogP contribution in [0.1, 0.15) is 58.9 Å². The van der Waals surface area contributed by atoms with Gasteiger partial charge in [0, 0.05) is 5.41 Å². The second kappa shape index (κ2) is 4.86. The number of ether oxygens (including phenoxy) is 1. The molecule has 7 atom stereocenters. The molecule has 128 valence electrons. The highest BCUT2D eigenvalue weighted by atomic mass is 16.6. The van der Waals surface area contributed by atoms with E-state index in [2.05, 4.69) is 33.8 Å². The zero-order valence-electron chi connectivity index (χ0n) is 14.8. The Kier molecular flexibility index (Phi) is 3.32. The summed E-state index contributed by atoms with van der Waals surface area (Å²) in [6, 6.07) is 2.08. The number of hydrogen-bond acceptors (Lipinski definition) is 3. The number of aliphatic hydroxyl groups excluding tert-OH is 1. The van der Waals surface area contributed by atoms with E-state index >= 15 is 0 Å². The molecular formula is C20H30O3. The molecule has 1 aromatic rings. The average molecular weight is 318 g/mol. The third kappa shape index (κ3) is 2.02. The van der Waals surface area contributed by atoms with E-state index in [1.54, 1.807) is 6.26 Å². The van der Waals surface area contributed by atoms with Crippen LogP contribution >= 0.6 is 0 Å². The molecule has 0 unspecified atom stereocenters. The SMILES string of the molecule is C[C@@H]1CC[C@]2(C)[C@H](C[C@@H](O)[C@H]3O[C@]32C)[C@@]1(C)CCc1ccoc1. The first-order valence-electron chi connectivity index (χ1n) is 9.18. The van der Waals surface area contributed by atoms with Crippen LogP contribution in [0.5, 0.6) is 0 Å². The summed E-state index contributed by atoms with van der Waals surface area (Å²) in [6.45, 7) is 9.52. The molecular weight excluding hydrogens is 288 g/mol. The van der Waals surface area contributed by atoms with E-state index in [-0.39, 0.29) is 28.6 Å². The van der Waals surface area contributed by atoms with Gasteiger partial charge in [0.15, 0.2) is 0 Å². The molecule has 0 amide bonds. The second-order valence-corrected chi connectivity index (χ2v) is 9.00. The molecule has 2 saturated carbocycles. The Bertz CT molecular complexity index is 582. The predicted octanol–water partition coefficient (Wildman–Crippen LogP) is 4.19. The molecule has 0 aromatic carbocycles. The fourth-order valence-corrected chi connectivity index (χ4v) is 5.98. The first-order chi connectivity index (χ1) is 10.8. The summed E-state index contributed by atoms with van der Waals surface area (Å²) in [6.07, 6.45) is 8.99. The van der Waals surface area contributed by atoms with E-state index in [1.807, 2.05) is 6.26 Å².